The summed E-state index contributed by atoms with van der Waals surface area (Å²) in [5, 5.41) is 3.42. The number of ether oxygens (including phenoxy) is 1. The molecule has 0 radical (unpaired) electrons. The largest absolute Gasteiger partial charge is 0.370 e. The van der Waals surface area contributed by atoms with Crippen molar-refractivity contribution in [3.05, 3.63) is 70.8 Å². The number of carbonyl (C=O) groups excluding carboxylic acids is 2. The van der Waals surface area contributed by atoms with Crippen LogP contribution in [-0.2, 0) is 4.74 Å². The number of aliphatic imine (C=N–C) groups is 1. The van der Waals surface area contributed by atoms with E-state index in [1.165, 1.54) is 16.0 Å². The molecule has 1 fully saturated rings. The number of imide groups is 1. The fourth-order valence-electron chi connectivity index (χ4n) is 4.35. The number of aryl methyl sites for hydroxylation is 1. The summed E-state index contributed by atoms with van der Waals surface area (Å²) >= 11 is 0. The second-order valence-electron chi connectivity index (χ2n) is 8.15. The van der Waals surface area contributed by atoms with E-state index in [-0.39, 0.29) is 17.9 Å². The van der Waals surface area contributed by atoms with E-state index in [4.69, 9.17) is 4.74 Å². The topological polar surface area (TPSA) is 74.2 Å². The van der Waals surface area contributed by atoms with Gasteiger partial charge in [0, 0.05) is 26.7 Å². The Hall–Kier alpha value is -3.19. The van der Waals surface area contributed by atoms with Gasteiger partial charge in [0.25, 0.3) is 11.8 Å². The van der Waals surface area contributed by atoms with Crippen molar-refractivity contribution in [3.63, 3.8) is 0 Å². The van der Waals surface area contributed by atoms with Crippen molar-refractivity contribution in [2.75, 3.05) is 39.8 Å². The highest BCUT2D eigenvalue weighted by Gasteiger charge is 2.34. The quantitative estimate of drug-likeness (QED) is 0.327. The number of guanidine groups is 1. The molecule has 7 nitrogen and oxygen atoms in total. The van der Waals surface area contributed by atoms with Crippen LogP contribution in [0.5, 0.6) is 0 Å². The molecule has 168 valence electrons. The van der Waals surface area contributed by atoms with Crippen molar-refractivity contribution in [1.29, 1.82) is 0 Å². The molecular weight excluding hydrogens is 404 g/mol. The van der Waals surface area contributed by atoms with Gasteiger partial charge in [-0.05, 0) is 43.0 Å². The van der Waals surface area contributed by atoms with Crippen LogP contribution in [0.1, 0.15) is 50.8 Å². The van der Waals surface area contributed by atoms with Crippen LogP contribution in [0, 0.1) is 6.92 Å². The van der Waals surface area contributed by atoms with Crippen molar-refractivity contribution in [1.82, 2.24) is 15.1 Å². The summed E-state index contributed by atoms with van der Waals surface area (Å²) in [4.78, 5) is 32.9. The molecule has 0 spiro atoms. The van der Waals surface area contributed by atoms with Crippen molar-refractivity contribution in [2.24, 2.45) is 4.99 Å². The SMILES string of the molecule is CN=C(NCCCCN1C(=O)c2ccccc2C1=O)N1CCOC(c2ccccc2C)C1. The second kappa shape index (κ2) is 9.96. The number of nitrogens with zero attached hydrogens (tertiary/aromatic N) is 3. The summed E-state index contributed by atoms with van der Waals surface area (Å²) in [7, 11) is 1.79. The minimum Gasteiger partial charge on any atom is -0.370 e. The molecule has 1 N–H and O–H groups in total. The third-order valence-electron chi connectivity index (χ3n) is 6.08. The van der Waals surface area contributed by atoms with E-state index >= 15 is 0 Å². The molecule has 1 atom stereocenters. The minimum atomic E-state index is -0.190. The molecule has 1 unspecified atom stereocenters. The lowest BCUT2D eigenvalue weighted by Crippen LogP contribution is -2.48. The predicted octanol–water partition coefficient (Wildman–Crippen LogP) is 3.02. The van der Waals surface area contributed by atoms with E-state index in [0.29, 0.717) is 24.3 Å². The van der Waals surface area contributed by atoms with Crippen molar-refractivity contribution >= 4 is 17.8 Å². The second-order valence-corrected chi connectivity index (χ2v) is 8.15. The molecule has 1 saturated heterocycles. The maximum atomic E-state index is 12.5. The van der Waals surface area contributed by atoms with E-state index in [2.05, 4.69) is 34.3 Å². The number of unbranched alkanes of at least 4 members (excludes halogenated alkanes) is 1. The lowest BCUT2D eigenvalue weighted by molar-refractivity contribution is -0.00830. The average molecular weight is 435 g/mol. The average Bonchev–Trinajstić information content (AvgIpc) is 3.06. The molecule has 32 heavy (non-hydrogen) atoms. The van der Waals surface area contributed by atoms with Crippen LogP contribution >= 0.6 is 0 Å². The third kappa shape index (κ3) is 4.53. The zero-order valence-corrected chi connectivity index (χ0v) is 18.7. The predicted molar refractivity (Wildman–Crippen MR) is 124 cm³/mol. The fourth-order valence-corrected chi connectivity index (χ4v) is 4.35. The summed E-state index contributed by atoms with van der Waals surface area (Å²) in [5.41, 5.74) is 3.46. The smallest absolute Gasteiger partial charge is 0.261 e. The maximum Gasteiger partial charge on any atom is 0.261 e. The number of hydrogen-bond donors (Lipinski definition) is 1. The van der Waals surface area contributed by atoms with Crippen LogP contribution in [0.2, 0.25) is 0 Å². The number of hydrogen-bond acceptors (Lipinski definition) is 4. The summed E-state index contributed by atoms with van der Waals surface area (Å²) in [6.07, 6.45) is 1.60. The minimum absolute atomic E-state index is 0.0253. The molecule has 7 heteroatoms. The summed E-state index contributed by atoms with van der Waals surface area (Å²) in [6, 6.07) is 15.3. The Morgan fingerprint density at radius 2 is 1.75 bits per heavy atom. The molecule has 0 saturated carbocycles. The first-order valence-electron chi connectivity index (χ1n) is 11.2. The Morgan fingerprint density at radius 1 is 1.06 bits per heavy atom. The number of fused-ring (bicyclic) bond motifs is 1. The molecule has 2 heterocycles. The monoisotopic (exact) mass is 434 g/mol. The van der Waals surface area contributed by atoms with Crippen LogP contribution in [0.25, 0.3) is 0 Å². The molecule has 2 aliphatic heterocycles. The number of rotatable bonds is 6. The van der Waals surface area contributed by atoms with E-state index in [0.717, 1.165) is 38.4 Å². The molecule has 2 amide bonds. The van der Waals surface area contributed by atoms with Crippen LogP contribution in [-0.4, -0.2) is 67.4 Å². The van der Waals surface area contributed by atoms with Gasteiger partial charge in [0.1, 0.15) is 6.10 Å². The highest BCUT2D eigenvalue weighted by atomic mass is 16.5. The zero-order valence-electron chi connectivity index (χ0n) is 18.7. The highest BCUT2D eigenvalue weighted by molar-refractivity contribution is 6.21. The first-order valence-corrected chi connectivity index (χ1v) is 11.2. The van der Waals surface area contributed by atoms with Gasteiger partial charge in [-0.3, -0.25) is 19.5 Å². The Bertz CT molecular complexity index is 985. The highest BCUT2D eigenvalue weighted by Crippen LogP contribution is 2.25. The fraction of sp³-hybridized carbons (Fsp3) is 0.400. The summed E-state index contributed by atoms with van der Waals surface area (Å²) in [5.74, 6) is 0.475. The lowest BCUT2D eigenvalue weighted by Gasteiger charge is -2.35. The van der Waals surface area contributed by atoms with Crippen molar-refractivity contribution < 1.29 is 14.3 Å². The first-order chi connectivity index (χ1) is 15.6. The van der Waals surface area contributed by atoms with Gasteiger partial charge in [0.2, 0.25) is 0 Å². The Balaban J connectivity index is 1.24. The number of nitrogens with one attached hydrogen (secondary N) is 1. The Labute approximate surface area is 189 Å². The van der Waals surface area contributed by atoms with Crippen LogP contribution in [0.4, 0.5) is 0 Å². The molecule has 0 aliphatic carbocycles. The van der Waals surface area contributed by atoms with Gasteiger partial charge >= 0.3 is 0 Å². The van der Waals surface area contributed by atoms with Gasteiger partial charge < -0.3 is 15.0 Å². The van der Waals surface area contributed by atoms with E-state index < -0.39 is 0 Å². The van der Waals surface area contributed by atoms with Gasteiger partial charge in [-0.15, -0.1) is 0 Å². The Morgan fingerprint density at radius 3 is 2.44 bits per heavy atom. The Kier molecular flexibility index (Phi) is 6.85. The van der Waals surface area contributed by atoms with Crippen molar-refractivity contribution in [2.45, 2.75) is 25.9 Å². The maximum absolute atomic E-state index is 12.5. The van der Waals surface area contributed by atoms with Gasteiger partial charge in [-0.25, -0.2) is 0 Å². The normalized spacial score (nSPS) is 18.8. The molecule has 0 bridgehead atoms. The van der Waals surface area contributed by atoms with Gasteiger partial charge in [-0.1, -0.05) is 36.4 Å². The van der Waals surface area contributed by atoms with E-state index in [9.17, 15) is 9.59 Å². The number of benzene rings is 2. The van der Waals surface area contributed by atoms with E-state index in [1.807, 2.05) is 12.1 Å². The summed E-state index contributed by atoms with van der Waals surface area (Å²) < 4.78 is 6.02. The first kappa shape index (κ1) is 22.0. The summed E-state index contributed by atoms with van der Waals surface area (Å²) in [6.45, 7) is 5.46. The zero-order chi connectivity index (χ0) is 22.5. The van der Waals surface area contributed by atoms with Gasteiger partial charge in [0.05, 0.1) is 24.3 Å². The number of morpholine rings is 1. The van der Waals surface area contributed by atoms with Crippen LogP contribution in [0.3, 0.4) is 0 Å². The molecule has 4 rings (SSSR count). The standard InChI is InChI=1S/C25H30N4O3/c1-18-9-3-4-10-19(18)22-17-28(15-16-32-22)25(26-2)27-13-7-8-14-29-23(30)20-11-5-6-12-21(20)24(29)31/h3-6,9-12,22H,7-8,13-17H2,1-2H3,(H,26,27). The molecule has 2 aliphatic rings. The molecule has 2 aromatic rings. The third-order valence-corrected chi connectivity index (χ3v) is 6.08. The lowest BCUT2D eigenvalue weighted by atomic mass is 10.0. The molecule has 2 aromatic carbocycles. The van der Waals surface area contributed by atoms with Crippen LogP contribution in [0.15, 0.2) is 53.5 Å². The number of amides is 2. The molecule has 0 aromatic heterocycles. The molecular formula is C25H30N4O3. The van der Waals surface area contributed by atoms with Crippen molar-refractivity contribution in [3.8, 4) is 0 Å². The van der Waals surface area contributed by atoms with Gasteiger partial charge in [0.15, 0.2) is 5.96 Å². The van der Waals surface area contributed by atoms with Gasteiger partial charge in [-0.2, -0.15) is 0 Å². The van der Waals surface area contributed by atoms with Crippen LogP contribution < -0.4 is 5.32 Å². The van der Waals surface area contributed by atoms with E-state index in [1.54, 1.807) is 31.3 Å². The number of carbonyl (C=O) groups is 2.